The van der Waals surface area contributed by atoms with Gasteiger partial charge in [0.15, 0.2) is 5.82 Å². The third-order valence-electron chi connectivity index (χ3n) is 2.42. The van der Waals surface area contributed by atoms with Crippen LogP contribution in [0.15, 0.2) is 22.8 Å². The van der Waals surface area contributed by atoms with Gasteiger partial charge in [-0.05, 0) is 42.3 Å². The van der Waals surface area contributed by atoms with Crippen molar-refractivity contribution in [3.05, 3.63) is 35.0 Å². The van der Waals surface area contributed by atoms with Gasteiger partial charge in [0, 0.05) is 5.69 Å². The summed E-state index contributed by atoms with van der Waals surface area (Å²) in [5.41, 5.74) is 8.77. The molecule has 1 aromatic heterocycles. The van der Waals surface area contributed by atoms with Gasteiger partial charge in [0.2, 0.25) is 5.91 Å². The lowest BCUT2D eigenvalue weighted by Crippen LogP contribution is -2.15. The van der Waals surface area contributed by atoms with Crippen LogP contribution in [0.3, 0.4) is 0 Å². The number of carbonyl (C=O) groups excluding carboxylic acids is 1. The number of nitrogen functional groups attached to an aromatic ring is 1. The van der Waals surface area contributed by atoms with E-state index in [1.807, 2.05) is 32.0 Å². The van der Waals surface area contributed by atoms with Crippen molar-refractivity contribution in [2.45, 2.75) is 20.3 Å². The molecule has 6 heteroatoms. The van der Waals surface area contributed by atoms with Gasteiger partial charge in [-0.1, -0.05) is 11.2 Å². The zero-order chi connectivity index (χ0) is 13.1. The number of nitrogens with two attached hydrogens (primary N) is 1. The number of aromatic nitrogens is 2. The molecule has 0 aliphatic rings. The number of amides is 1. The molecule has 1 aromatic carbocycles. The highest BCUT2D eigenvalue weighted by Crippen LogP contribution is 2.14. The molecule has 2 rings (SSSR count). The molecule has 0 spiro atoms. The van der Waals surface area contributed by atoms with Crippen LogP contribution in [0, 0.1) is 13.8 Å². The van der Waals surface area contributed by atoms with Crippen LogP contribution in [0.1, 0.15) is 16.8 Å². The Bertz CT molecular complexity index is 557. The third-order valence-corrected chi connectivity index (χ3v) is 2.42. The summed E-state index contributed by atoms with van der Waals surface area (Å²) in [5, 5.41) is 9.76. The normalized spacial score (nSPS) is 10.3. The van der Waals surface area contributed by atoms with Crippen LogP contribution >= 0.6 is 0 Å². The molecule has 0 saturated carbocycles. The van der Waals surface area contributed by atoms with E-state index in [9.17, 15) is 4.79 Å². The highest BCUT2D eigenvalue weighted by molar-refractivity contribution is 5.92. The van der Waals surface area contributed by atoms with E-state index in [2.05, 4.69) is 20.3 Å². The molecule has 0 saturated heterocycles. The van der Waals surface area contributed by atoms with E-state index in [-0.39, 0.29) is 18.1 Å². The van der Waals surface area contributed by atoms with E-state index in [1.165, 1.54) is 0 Å². The highest BCUT2D eigenvalue weighted by Gasteiger charge is 2.12. The number of aryl methyl sites for hydroxylation is 2. The van der Waals surface area contributed by atoms with Gasteiger partial charge in [0.05, 0.1) is 6.42 Å². The summed E-state index contributed by atoms with van der Waals surface area (Å²) in [6.45, 7) is 3.95. The van der Waals surface area contributed by atoms with Gasteiger partial charge in [-0.25, -0.2) is 4.63 Å². The van der Waals surface area contributed by atoms with Crippen molar-refractivity contribution in [2.24, 2.45) is 0 Å². The van der Waals surface area contributed by atoms with Crippen molar-refractivity contribution in [2.75, 3.05) is 11.1 Å². The van der Waals surface area contributed by atoms with Crippen molar-refractivity contribution >= 4 is 17.4 Å². The Hall–Kier alpha value is -2.37. The van der Waals surface area contributed by atoms with Gasteiger partial charge in [0.25, 0.3) is 0 Å². The number of rotatable bonds is 3. The second-order valence-electron chi connectivity index (χ2n) is 4.20. The standard InChI is InChI=1S/C12H14N4O2/c1-7-3-8(2)5-9(4-7)14-11(17)6-10-12(13)16-18-15-10/h3-5H,6H2,1-2H3,(H2,13,16)(H,14,17). The third kappa shape index (κ3) is 2.85. The largest absolute Gasteiger partial charge is 0.379 e. The number of nitrogens with one attached hydrogen (secondary N) is 1. The van der Waals surface area contributed by atoms with Crippen LogP contribution in [0.2, 0.25) is 0 Å². The Balaban J connectivity index is 2.05. The fourth-order valence-electron chi connectivity index (χ4n) is 1.74. The molecule has 2 aromatic rings. The molecule has 0 atom stereocenters. The Labute approximate surface area is 104 Å². The van der Waals surface area contributed by atoms with Crippen molar-refractivity contribution in [3.8, 4) is 0 Å². The van der Waals surface area contributed by atoms with E-state index < -0.39 is 0 Å². The molecular weight excluding hydrogens is 232 g/mol. The first-order chi connectivity index (χ1) is 8.54. The number of benzene rings is 1. The fourth-order valence-corrected chi connectivity index (χ4v) is 1.74. The van der Waals surface area contributed by atoms with Gasteiger partial charge in [-0.3, -0.25) is 4.79 Å². The SMILES string of the molecule is Cc1cc(C)cc(NC(=O)Cc2nonc2N)c1. The lowest BCUT2D eigenvalue weighted by Gasteiger charge is -2.06. The fraction of sp³-hybridized carbons (Fsp3) is 0.250. The zero-order valence-corrected chi connectivity index (χ0v) is 10.2. The van der Waals surface area contributed by atoms with Gasteiger partial charge >= 0.3 is 0 Å². The summed E-state index contributed by atoms with van der Waals surface area (Å²) >= 11 is 0. The Kier molecular flexibility index (Phi) is 3.27. The van der Waals surface area contributed by atoms with Crippen molar-refractivity contribution in [1.29, 1.82) is 0 Å². The molecule has 94 valence electrons. The van der Waals surface area contributed by atoms with Crippen LogP contribution in [0.5, 0.6) is 0 Å². The molecule has 0 bridgehead atoms. The summed E-state index contributed by atoms with van der Waals surface area (Å²) in [6.07, 6.45) is 0.0440. The topological polar surface area (TPSA) is 94.0 Å². The molecule has 0 aliphatic heterocycles. The number of anilines is 2. The molecule has 0 aliphatic carbocycles. The van der Waals surface area contributed by atoms with E-state index >= 15 is 0 Å². The summed E-state index contributed by atoms with van der Waals surface area (Å²) in [6, 6.07) is 5.83. The molecular formula is C12H14N4O2. The summed E-state index contributed by atoms with van der Waals surface area (Å²) in [7, 11) is 0. The Morgan fingerprint density at radius 3 is 2.50 bits per heavy atom. The van der Waals surface area contributed by atoms with Gasteiger partial charge < -0.3 is 11.1 Å². The molecule has 18 heavy (non-hydrogen) atoms. The predicted octanol–water partition coefficient (Wildman–Crippen LogP) is 1.45. The summed E-state index contributed by atoms with van der Waals surface area (Å²) < 4.78 is 4.43. The molecule has 0 unspecified atom stereocenters. The lowest BCUT2D eigenvalue weighted by atomic mass is 10.1. The van der Waals surface area contributed by atoms with E-state index in [1.54, 1.807) is 0 Å². The average molecular weight is 246 g/mol. The number of nitrogens with zero attached hydrogens (tertiary/aromatic N) is 2. The molecule has 1 heterocycles. The number of hydrogen-bond acceptors (Lipinski definition) is 5. The van der Waals surface area contributed by atoms with Crippen LogP contribution in [-0.4, -0.2) is 16.2 Å². The summed E-state index contributed by atoms with van der Waals surface area (Å²) in [4.78, 5) is 11.8. The minimum atomic E-state index is -0.206. The molecule has 1 amide bonds. The lowest BCUT2D eigenvalue weighted by molar-refractivity contribution is -0.115. The minimum absolute atomic E-state index is 0.0440. The molecule has 0 fully saturated rings. The predicted molar refractivity (Wildman–Crippen MR) is 67.0 cm³/mol. The van der Waals surface area contributed by atoms with E-state index in [4.69, 9.17) is 5.73 Å². The maximum Gasteiger partial charge on any atom is 0.230 e. The molecule has 6 nitrogen and oxygen atoms in total. The first kappa shape index (κ1) is 12.1. The Morgan fingerprint density at radius 1 is 1.28 bits per heavy atom. The minimum Gasteiger partial charge on any atom is -0.379 e. The first-order valence-electron chi connectivity index (χ1n) is 5.49. The van der Waals surface area contributed by atoms with Crippen LogP contribution in [0.4, 0.5) is 11.5 Å². The molecule has 0 radical (unpaired) electrons. The first-order valence-corrected chi connectivity index (χ1v) is 5.49. The maximum atomic E-state index is 11.8. The summed E-state index contributed by atoms with van der Waals surface area (Å²) in [5.74, 6) is -0.0621. The van der Waals surface area contributed by atoms with E-state index in [0.717, 1.165) is 16.8 Å². The maximum absolute atomic E-state index is 11.8. The van der Waals surface area contributed by atoms with Gasteiger partial charge in [0.1, 0.15) is 5.69 Å². The number of hydrogen-bond donors (Lipinski definition) is 2. The van der Waals surface area contributed by atoms with Crippen molar-refractivity contribution < 1.29 is 9.42 Å². The van der Waals surface area contributed by atoms with Crippen LogP contribution < -0.4 is 11.1 Å². The average Bonchev–Trinajstić information content (AvgIpc) is 2.62. The van der Waals surface area contributed by atoms with Crippen molar-refractivity contribution in [1.82, 2.24) is 10.3 Å². The van der Waals surface area contributed by atoms with Gasteiger partial charge in [-0.15, -0.1) is 0 Å². The quantitative estimate of drug-likeness (QED) is 0.854. The monoisotopic (exact) mass is 246 g/mol. The highest BCUT2D eigenvalue weighted by atomic mass is 16.6. The van der Waals surface area contributed by atoms with Crippen LogP contribution in [-0.2, 0) is 11.2 Å². The Morgan fingerprint density at radius 2 is 1.94 bits per heavy atom. The van der Waals surface area contributed by atoms with Gasteiger partial charge in [-0.2, -0.15) is 0 Å². The molecule has 3 N–H and O–H groups in total. The van der Waals surface area contributed by atoms with E-state index in [0.29, 0.717) is 5.69 Å². The second-order valence-corrected chi connectivity index (χ2v) is 4.20. The number of carbonyl (C=O) groups is 1. The van der Waals surface area contributed by atoms with Crippen LogP contribution in [0.25, 0.3) is 0 Å². The van der Waals surface area contributed by atoms with Crippen molar-refractivity contribution in [3.63, 3.8) is 0 Å². The smallest absolute Gasteiger partial charge is 0.230 e. The second kappa shape index (κ2) is 4.87. The zero-order valence-electron chi connectivity index (χ0n) is 10.2.